The van der Waals surface area contributed by atoms with Crippen molar-refractivity contribution in [3.63, 3.8) is 0 Å². The van der Waals surface area contributed by atoms with Gasteiger partial charge in [0.25, 0.3) is 0 Å². The Morgan fingerprint density at radius 3 is 2.71 bits per heavy atom. The van der Waals surface area contributed by atoms with Crippen LogP contribution in [0.4, 0.5) is 0 Å². The molecule has 3 nitrogen and oxygen atoms in total. The lowest BCUT2D eigenvalue weighted by Crippen LogP contribution is -2.25. The maximum Gasteiger partial charge on any atom is 0.336 e. The highest BCUT2D eigenvalue weighted by molar-refractivity contribution is 5.77. The fourth-order valence-electron chi connectivity index (χ4n) is 1.43. The van der Waals surface area contributed by atoms with Gasteiger partial charge in [0, 0.05) is 17.5 Å². The van der Waals surface area contributed by atoms with Crippen molar-refractivity contribution in [2.75, 3.05) is 0 Å². The molecule has 0 saturated carbocycles. The van der Waals surface area contributed by atoms with Crippen molar-refractivity contribution < 1.29 is 9.15 Å². The van der Waals surface area contributed by atoms with Gasteiger partial charge in [-0.3, -0.25) is 0 Å². The van der Waals surface area contributed by atoms with E-state index < -0.39 is 5.60 Å². The summed E-state index contributed by atoms with van der Waals surface area (Å²) in [5.41, 5.74) is -0.586. The number of rotatable bonds is 2. The lowest BCUT2D eigenvalue weighted by Gasteiger charge is -2.20. The van der Waals surface area contributed by atoms with Crippen molar-refractivity contribution in [2.45, 2.75) is 19.4 Å². The molecule has 0 unspecified atom stereocenters. The maximum absolute atomic E-state index is 11.1. The number of hydrogen-bond acceptors (Lipinski definition) is 3. The first-order valence-electron chi connectivity index (χ1n) is 5.21. The minimum Gasteiger partial charge on any atom is -0.475 e. The van der Waals surface area contributed by atoms with Gasteiger partial charge in [-0.2, -0.15) is 0 Å². The summed E-state index contributed by atoms with van der Waals surface area (Å²) in [4.78, 5) is 11.1. The highest BCUT2D eigenvalue weighted by atomic mass is 16.5. The Morgan fingerprint density at radius 2 is 2.00 bits per heavy atom. The van der Waals surface area contributed by atoms with Gasteiger partial charge in [0.15, 0.2) is 5.60 Å². The first-order valence-corrected chi connectivity index (χ1v) is 5.21. The Kier molecular flexibility index (Phi) is 2.64. The van der Waals surface area contributed by atoms with Crippen LogP contribution in [0.1, 0.15) is 13.8 Å². The standard InChI is InChI=1S/C14H12O3/c1-4-14(2,3)17-11-7-5-10-6-8-13(15)16-12(10)9-11/h1,5-9H,2-3H3. The molecule has 0 spiro atoms. The Bertz CT molecular complexity index is 644. The number of ether oxygens (including phenoxy) is 1. The number of hydrogen-bond donors (Lipinski definition) is 0. The second-order valence-electron chi connectivity index (χ2n) is 4.21. The van der Waals surface area contributed by atoms with Crippen LogP contribution in [0.3, 0.4) is 0 Å². The van der Waals surface area contributed by atoms with Gasteiger partial charge in [-0.25, -0.2) is 4.79 Å². The van der Waals surface area contributed by atoms with Crippen LogP contribution in [0.25, 0.3) is 11.0 Å². The summed E-state index contributed by atoms with van der Waals surface area (Å²) in [5.74, 6) is 3.11. The van der Waals surface area contributed by atoms with Crippen LogP contribution in [-0.2, 0) is 0 Å². The Balaban J connectivity index is 2.45. The molecule has 17 heavy (non-hydrogen) atoms. The zero-order chi connectivity index (χ0) is 12.5. The van der Waals surface area contributed by atoms with E-state index in [0.29, 0.717) is 11.3 Å². The molecular formula is C14H12O3. The Hall–Kier alpha value is -2.21. The minimum absolute atomic E-state index is 0.383. The summed E-state index contributed by atoms with van der Waals surface area (Å²) in [7, 11) is 0. The van der Waals surface area contributed by atoms with Gasteiger partial charge in [-0.15, -0.1) is 6.42 Å². The average Bonchev–Trinajstić information content (AvgIpc) is 2.28. The lowest BCUT2D eigenvalue weighted by molar-refractivity contribution is 0.172. The average molecular weight is 228 g/mol. The third kappa shape index (κ3) is 2.48. The summed E-state index contributed by atoms with van der Waals surface area (Å²) in [6.45, 7) is 3.58. The molecule has 0 radical (unpaired) electrons. The normalized spacial score (nSPS) is 11.1. The quantitative estimate of drug-likeness (QED) is 0.586. The van der Waals surface area contributed by atoms with Crippen LogP contribution in [0.15, 0.2) is 39.5 Å². The van der Waals surface area contributed by atoms with Crippen molar-refractivity contribution >= 4 is 11.0 Å². The molecule has 1 aromatic heterocycles. The molecule has 0 fully saturated rings. The second-order valence-corrected chi connectivity index (χ2v) is 4.21. The monoisotopic (exact) mass is 228 g/mol. The van der Waals surface area contributed by atoms with Crippen molar-refractivity contribution in [3.05, 3.63) is 40.8 Å². The number of terminal acetylenes is 1. The van der Waals surface area contributed by atoms with Crippen molar-refractivity contribution in [1.82, 2.24) is 0 Å². The van der Waals surface area contributed by atoms with Gasteiger partial charge in [-0.05, 0) is 32.0 Å². The van der Waals surface area contributed by atoms with E-state index in [0.717, 1.165) is 5.39 Å². The van der Waals surface area contributed by atoms with E-state index in [9.17, 15) is 4.79 Å². The van der Waals surface area contributed by atoms with Gasteiger partial charge in [0.2, 0.25) is 0 Å². The third-order valence-electron chi connectivity index (χ3n) is 2.32. The molecule has 0 saturated heterocycles. The van der Waals surface area contributed by atoms with Crippen LogP contribution in [-0.4, -0.2) is 5.60 Å². The molecule has 2 rings (SSSR count). The van der Waals surface area contributed by atoms with Gasteiger partial charge in [-0.1, -0.05) is 5.92 Å². The fraction of sp³-hybridized carbons (Fsp3) is 0.214. The summed E-state index contributed by atoms with van der Waals surface area (Å²) in [5, 5.41) is 0.843. The minimum atomic E-state index is -0.692. The van der Waals surface area contributed by atoms with Gasteiger partial charge in [0.1, 0.15) is 11.3 Å². The van der Waals surface area contributed by atoms with E-state index in [4.69, 9.17) is 15.6 Å². The highest BCUT2D eigenvalue weighted by Gasteiger charge is 2.15. The molecule has 0 amide bonds. The van der Waals surface area contributed by atoms with Crippen LogP contribution >= 0.6 is 0 Å². The molecule has 1 heterocycles. The van der Waals surface area contributed by atoms with Crippen molar-refractivity contribution in [2.24, 2.45) is 0 Å². The Morgan fingerprint density at radius 1 is 1.29 bits per heavy atom. The molecular weight excluding hydrogens is 216 g/mol. The smallest absolute Gasteiger partial charge is 0.336 e. The van der Waals surface area contributed by atoms with E-state index in [1.54, 1.807) is 32.0 Å². The molecule has 0 aliphatic carbocycles. The summed E-state index contributed by atoms with van der Waals surface area (Å²) >= 11 is 0. The number of fused-ring (bicyclic) bond motifs is 1. The van der Waals surface area contributed by atoms with E-state index in [2.05, 4.69) is 5.92 Å². The van der Waals surface area contributed by atoms with Crippen molar-refractivity contribution in [1.29, 1.82) is 0 Å². The summed E-state index contributed by atoms with van der Waals surface area (Å²) in [6, 6.07) is 8.36. The molecule has 0 N–H and O–H groups in total. The van der Waals surface area contributed by atoms with E-state index in [1.807, 2.05) is 6.07 Å². The number of benzene rings is 1. The maximum atomic E-state index is 11.1. The van der Waals surface area contributed by atoms with Crippen LogP contribution in [0, 0.1) is 12.3 Å². The summed E-state index contributed by atoms with van der Waals surface area (Å²) < 4.78 is 10.7. The first kappa shape index (κ1) is 11.3. The molecule has 0 aliphatic heterocycles. The predicted octanol–water partition coefficient (Wildman–Crippen LogP) is 2.58. The molecule has 0 bridgehead atoms. The Labute approximate surface area is 99.0 Å². The van der Waals surface area contributed by atoms with E-state index >= 15 is 0 Å². The zero-order valence-corrected chi connectivity index (χ0v) is 9.69. The molecule has 0 aliphatic rings. The lowest BCUT2D eigenvalue weighted by atomic mass is 10.1. The SMILES string of the molecule is C#CC(C)(C)Oc1ccc2ccc(=O)oc2c1. The predicted molar refractivity (Wildman–Crippen MR) is 66.0 cm³/mol. The van der Waals surface area contributed by atoms with Gasteiger partial charge >= 0.3 is 5.63 Å². The third-order valence-corrected chi connectivity index (χ3v) is 2.32. The molecule has 3 heteroatoms. The second kappa shape index (κ2) is 3.99. The topological polar surface area (TPSA) is 39.4 Å². The van der Waals surface area contributed by atoms with Crippen LogP contribution < -0.4 is 10.4 Å². The molecule has 0 atom stereocenters. The molecule has 1 aromatic carbocycles. The molecule has 86 valence electrons. The summed E-state index contributed by atoms with van der Waals surface area (Å²) in [6.07, 6.45) is 5.34. The zero-order valence-electron chi connectivity index (χ0n) is 9.69. The highest BCUT2D eigenvalue weighted by Crippen LogP contribution is 2.22. The van der Waals surface area contributed by atoms with Crippen LogP contribution in [0.5, 0.6) is 5.75 Å². The van der Waals surface area contributed by atoms with Gasteiger partial charge in [0.05, 0.1) is 0 Å². The van der Waals surface area contributed by atoms with E-state index in [1.165, 1.54) is 6.07 Å². The van der Waals surface area contributed by atoms with Crippen LogP contribution in [0.2, 0.25) is 0 Å². The van der Waals surface area contributed by atoms with E-state index in [-0.39, 0.29) is 5.63 Å². The van der Waals surface area contributed by atoms with Gasteiger partial charge < -0.3 is 9.15 Å². The largest absolute Gasteiger partial charge is 0.475 e. The first-order chi connectivity index (χ1) is 8.00. The van der Waals surface area contributed by atoms with Crippen molar-refractivity contribution in [3.8, 4) is 18.1 Å². The molecule has 2 aromatic rings. The fourth-order valence-corrected chi connectivity index (χ4v) is 1.43.